The number of hydrogen-bond acceptors (Lipinski definition) is 0. The van der Waals surface area contributed by atoms with Crippen LogP contribution in [-0.2, 0) is 60.2 Å². The largest absolute Gasteiger partial charge is 0.359 e. The number of allylic oxidation sites excluding steroid dienone is 1. The molecule has 12 heavy (non-hydrogen) atoms. The van der Waals surface area contributed by atoms with E-state index in [-0.39, 0.29) is 53.8 Å². The van der Waals surface area contributed by atoms with Crippen LogP contribution < -0.4 is 0 Å². The van der Waals surface area contributed by atoms with E-state index >= 15 is 0 Å². The molecule has 0 aliphatic rings. The Morgan fingerprint density at radius 1 is 1.58 bits per heavy atom. The van der Waals surface area contributed by atoms with Gasteiger partial charge in [-0.3, -0.25) is 17.2 Å². The van der Waals surface area contributed by atoms with E-state index in [0.29, 0.717) is 0 Å². The van der Waals surface area contributed by atoms with Crippen LogP contribution in [0.1, 0.15) is 11.1 Å². The van der Waals surface area contributed by atoms with Crippen LogP contribution in [0.3, 0.4) is 0 Å². The molecule has 0 bridgehead atoms. The topological polar surface area (TPSA) is 0 Å². The molecule has 1 radical (unpaired) electrons. The summed E-state index contributed by atoms with van der Waals surface area (Å²) in [5.74, 6) is 0. The molecule has 0 spiro atoms. The third-order valence-electron chi connectivity index (χ3n) is 1.45. The third kappa shape index (κ3) is 4.70. The molecule has 1 aromatic carbocycles. The standard InChI is InChI=1S/C10H10.W.Y/c1-3-6-10-8-5-4-7-9(10)2;;/h3,5,7H,1,6H2,2H3;;/q-2;;. The molecule has 0 heterocycles. The maximum atomic E-state index is 3.67. The molecule has 0 fully saturated rings. The molecule has 61 valence electrons. The number of rotatable bonds is 2. The Morgan fingerprint density at radius 3 is 2.75 bits per heavy atom. The van der Waals surface area contributed by atoms with Gasteiger partial charge < -0.3 is 18.2 Å². The molecule has 0 aliphatic heterocycles. The van der Waals surface area contributed by atoms with Crippen LogP contribution >= 0.6 is 0 Å². The van der Waals surface area contributed by atoms with E-state index in [1.165, 1.54) is 11.1 Å². The summed E-state index contributed by atoms with van der Waals surface area (Å²) in [4.78, 5) is 0. The fourth-order valence-corrected chi connectivity index (χ4v) is 0.861. The van der Waals surface area contributed by atoms with Gasteiger partial charge in [-0.15, -0.1) is 13.5 Å². The zero-order valence-corrected chi connectivity index (χ0v) is 12.9. The first-order valence-corrected chi connectivity index (χ1v) is 3.32. The molecular formula is C10H10WY-2. The monoisotopic (exact) mass is 403 g/mol. The van der Waals surface area contributed by atoms with Gasteiger partial charge in [-0.25, -0.2) is 0 Å². The summed E-state index contributed by atoms with van der Waals surface area (Å²) in [5, 5.41) is 0. The molecule has 0 saturated carbocycles. The SMILES string of the molecule is C=CCc1[c-]c[c-]cc1C.[W].[Y]. The van der Waals surface area contributed by atoms with Crippen molar-refractivity contribution in [1.29, 1.82) is 0 Å². The molecule has 0 amide bonds. The van der Waals surface area contributed by atoms with E-state index in [1.807, 2.05) is 18.2 Å². The quantitative estimate of drug-likeness (QED) is 0.526. The van der Waals surface area contributed by atoms with E-state index in [0.717, 1.165) is 6.42 Å². The molecule has 0 aromatic heterocycles. The van der Waals surface area contributed by atoms with E-state index in [1.54, 1.807) is 0 Å². The van der Waals surface area contributed by atoms with Gasteiger partial charge in [-0.1, -0.05) is 12.5 Å². The van der Waals surface area contributed by atoms with Crippen molar-refractivity contribution in [3.8, 4) is 0 Å². The van der Waals surface area contributed by atoms with Crippen molar-refractivity contribution < 1.29 is 53.8 Å². The number of benzene rings is 1. The Balaban J connectivity index is 0. The Bertz CT molecular complexity index is 233. The van der Waals surface area contributed by atoms with Crippen LogP contribution in [0.4, 0.5) is 0 Å². The zero-order valence-electron chi connectivity index (χ0n) is 7.13. The van der Waals surface area contributed by atoms with Crippen LogP contribution in [0.5, 0.6) is 0 Å². The second-order valence-corrected chi connectivity index (χ2v) is 2.25. The van der Waals surface area contributed by atoms with Gasteiger partial charge in [0.25, 0.3) is 0 Å². The van der Waals surface area contributed by atoms with Gasteiger partial charge in [-0.2, -0.15) is 0 Å². The molecule has 0 unspecified atom stereocenters. The van der Waals surface area contributed by atoms with Crippen molar-refractivity contribution in [2.24, 2.45) is 0 Å². The average Bonchev–Trinajstić information content (AvgIpc) is 1.94. The van der Waals surface area contributed by atoms with Crippen molar-refractivity contribution in [3.63, 3.8) is 0 Å². The molecule has 0 aliphatic carbocycles. The average molecular weight is 403 g/mol. The summed E-state index contributed by atoms with van der Waals surface area (Å²) in [7, 11) is 0. The first kappa shape index (κ1) is 15.2. The minimum Gasteiger partial charge on any atom is -0.359 e. The number of hydrogen-bond donors (Lipinski definition) is 0. The predicted octanol–water partition coefficient (Wildman–Crippen LogP) is 2.32. The van der Waals surface area contributed by atoms with Gasteiger partial charge in [0, 0.05) is 53.8 Å². The molecule has 1 rings (SSSR count). The second kappa shape index (κ2) is 8.35. The fourth-order valence-electron chi connectivity index (χ4n) is 0.861. The minimum atomic E-state index is 0. The van der Waals surface area contributed by atoms with E-state index < -0.39 is 0 Å². The summed E-state index contributed by atoms with van der Waals surface area (Å²) in [6, 6.07) is 9.86. The molecule has 0 atom stereocenters. The summed E-state index contributed by atoms with van der Waals surface area (Å²) in [6.07, 6.45) is 2.79. The summed E-state index contributed by atoms with van der Waals surface area (Å²) >= 11 is 0. The Hall–Kier alpha value is 0.752. The van der Waals surface area contributed by atoms with E-state index in [9.17, 15) is 0 Å². The van der Waals surface area contributed by atoms with Crippen molar-refractivity contribution >= 4 is 0 Å². The first-order valence-electron chi connectivity index (χ1n) is 3.32. The normalized spacial score (nSPS) is 7.75. The van der Waals surface area contributed by atoms with Gasteiger partial charge in [0.1, 0.15) is 0 Å². The summed E-state index contributed by atoms with van der Waals surface area (Å²) in [5.41, 5.74) is 2.45. The van der Waals surface area contributed by atoms with E-state index in [4.69, 9.17) is 0 Å². The third-order valence-corrected chi connectivity index (χ3v) is 1.45. The number of aryl methyl sites for hydroxylation is 1. The van der Waals surface area contributed by atoms with E-state index in [2.05, 4.69) is 25.6 Å². The van der Waals surface area contributed by atoms with Crippen molar-refractivity contribution in [2.75, 3.05) is 0 Å². The second-order valence-electron chi connectivity index (χ2n) is 2.25. The van der Waals surface area contributed by atoms with Gasteiger partial charge in [0.2, 0.25) is 0 Å². The Labute approximate surface area is 114 Å². The fraction of sp³-hybridized carbons (Fsp3) is 0.200. The maximum Gasteiger partial charge on any atom is 0 e. The van der Waals surface area contributed by atoms with Crippen LogP contribution in [0, 0.1) is 19.1 Å². The first-order chi connectivity index (χ1) is 4.84. The summed E-state index contributed by atoms with van der Waals surface area (Å²) < 4.78 is 0. The Morgan fingerprint density at radius 2 is 2.25 bits per heavy atom. The van der Waals surface area contributed by atoms with Crippen LogP contribution in [0.2, 0.25) is 0 Å². The van der Waals surface area contributed by atoms with Crippen molar-refractivity contribution in [3.05, 3.63) is 48.0 Å². The van der Waals surface area contributed by atoms with Gasteiger partial charge in [0.05, 0.1) is 0 Å². The van der Waals surface area contributed by atoms with Crippen LogP contribution in [-0.4, -0.2) is 0 Å². The summed E-state index contributed by atoms with van der Waals surface area (Å²) in [6.45, 7) is 5.73. The van der Waals surface area contributed by atoms with Gasteiger partial charge >= 0.3 is 0 Å². The van der Waals surface area contributed by atoms with Gasteiger partial charge in [0.15, 0.2) is 0 Å². The van der Waals surface area contributed by atoms with Crippen molar-refractivity contribution in [1.82, 2.24) is 0 Å². The zero-order chi connectivity index (χ0) is 7.40. The van der Waals surface area contributed by atoms with Crippen LogP contribution in [0.15, 0.2) is 24.8 Å². The maximum absolute atomic E-state index is 3.67. The molecular weight excluding hydrogens is 393 g/mol. The van der Waals surface area contributed by atoms with Gasteiger partial charge in [-0.05, 0) is 0 Å². The Kier molecular flexibility index (Phi) is 10.6. The van der Waals surface area contributed by atoms with Crippen LogP contribution in [0.25, 0.3) is 0 Å². The molecule has 2 heteroatoms. The molecule has 0 N–H and O–H groups in total. The smallest absolute Gasteiger partial charge is 0 e. The predicted molar refractivity (Wildman–Crippen MR) is 42.8 cm³/mol. The molecule has 1 aromatic rings. The van der Waals surface area contributed by atoms with Crippen molar-refractivity contribution in [2.45, 2.75) is 13.3 Å². The molecule has 0 nitrogen and oxygen atoms in total. The minimum absolute atomic E-state index is 0. The molecule has 0 saturated heterocycles.